The van der Waals surface area contributed by atoms with Crippen LogP contribution in [0.1, 0.15) is 63.0 Å². The maximum absolute atomic E-state index is 13.1. The summed E-state index contributed by atoms with van der Waals surface area (Å²) >= 11 is 6.41. The van der Waals surface area contributed by atoms with E-state index in [0.717, 1.165) is 43.4 Å². The number of halogens is 1. The molecule has 0 bridgehead atoms. The molecule has 1 fully saturated rings. The van der Waals surface area contributed by atoms with E-state index in [0.29, 0.717) is 47.4 Å². The van der Waals surface area contributed by atoms with Crippen molar-refractivity contribution in [3.8, 4) is 11.1 Å². The van der Waals surface area contributed by atoms with Gasteiger partial charge in [0, 0.05) is 18.7 Å². The van der Waals surface area contributed by atoms with E-state index in [1.54, 1.807) is 4.90 Å². The number of fused-ring (bicyclic) bond motifs is 1. The summed E-state index contributed by atoms with van der Waals surface area (Å²) in [7, 11) is 0. The molecule has 3 aliphatic rings. The number of amides is 2. The first-order chi connectivity index (χ1) is 17.8. The van der Waals surface area contributed by atoms with Gasteiger partial charge in [0.1, 0.15) is 0 Å². The minimum absolute atomic E-state index is 0.145. The largest absolute Gasteiger partial charge is 0.481 e. The molecule has 2 unspecified atom stereocenters. The molecule has 0 aromatic heterocycles. The summed E-state index contributed by atoms with van der Waals surface area (Å²) in [5, 5.41) is 12.7. The zero-order valence-electron chi connectivity index (χ0n) is 21.5. The van der Waals surface area contributed by atoms with E-state index in [1.807, 2.05) is 18.2 Å². The lowest BCUT2D eigenvalue weighted by molar-refractivity contribution is -0.138. The molecule has 2 aromatic rings. The van der Waals surface area contributed by atoms with Gasteiger partial charge in [0.15, 0.2) is 0 Å². The summed E-state index contributed by atoms with van der Waals surface area (Å²) in [6.07, 6.45) is 9.26. The maximum atomic E-state index is 13.1. The summed E-state index contributed by atoms with van der Waals surface area (Å²) in [5.74, 6) is 0.830. The molecule has 5 nitrogen and oxygen atoms in total. The number of nitrogens with zero attached hydrogens (tertiary/aromatic N) is 1. The first kappa shape index (κ1) is 25.6. The third kappa shape index (κ3) is 5.62. The normalized spacial score (nSPS) is 25.2. The van der Waals surface area contributed by atoms with Gasteiger partial charge in [0.2, 0.25) is 0 Å². The van der Waals surface area contributed by atoms with Crippen LogP contribution in [0.15, 0.2) is 65.3 Å². The van der Waals surface area contributed by atoms with Crippen molar-refractivity contribution < 1.29 is 14.7 Å². The van der Waals surface area contributed by atoms with E-state index < -0.39 is 5.97 Å². The van der Waals surface area contributed by atoms with Crippen LogP contribution in [0, 0.1) is 17.8 Å². The zero-order chi connectivity index (χ0) is 26.1. The highest BCUT2D eigenvalue weighted by Crippen LogP contribution is 2.38. The van der Waals surface area contributed by atoms with Crippen LogP contribution >= 0.6 is 11.6 Å². The highest BCUT2D eigenvalue weighted by Gasteiger charge is 2.28. The average molecular weight is 519 g/mol. The molecule has 1 heterocycles. The summed E-state index contributed by atoms with van der Waals surface area (Å²) in [5.41, 5.74) is 6.49. The number of aliphatic carboxylic acids is 1. The summed E-state index contributed by atoms with van der Waals surface area (Å²) < 4.78 is 0. The highest BCUT2D eigenvalue weighted by molar-refractivity contribution is 6.32. The SMILES string of the molecule is CC1C=C(Cl)C(NC(=O)N2CCc3cc(-c4ccc(C5CCC(CC(=O)O)CC5)cc4)ccc32)=CC1C. The minimum atomic E-state index is -0.682. The predicted molar refractivity (Wildman–Crippen MR) is 149 cm³/mol. The summed E-state index contributed by atoms with van der Waals surface area (Å²) in [6.45, 7) is 4.90. The van der Waals surface area contributed by atoms with Gasteiger partial charge in [-0.05, 0) is 90.2 Å². The molecule has 0 spiro atoms. The van der Waals surface area contributed by atoms with Gasteiger partial charge in [-0.3, -0.25) is 9.69 Å². The molecule has 2 aromatic carbocycles. The smallest absolute Gasteiger partial charge is 0.326 e. The molecule has 194 valence electrons. The number of carboxylic acid groups (broad SMARTS) is 1. The average Bonchev–Trinajstić information content (AvgIpc) is 3.31. The van der Waals surface area contributed by atoms with Gasteiger partial charge in [0.05, 0.1) is 10.7 Å². The third-order valence-electron chi connectivity index (χ3n) is 8.41. The molecular weight excluding hydrogens is 484 g/mol. The van der Waals surface area contributed by atoms with Crippen LogP contribution in [0.3, 0.4) is 0 Å². The van der Waals surface area contributed by atoms with E-state index in [2.05, 4.69) is 55.6 Å². The molecule has 5 rings (SSSR count). The van der Waals surface area contributed by atoms with Gasteiger partial charge in [-0.2, -0.15) is 0 Å². The fourth-order valence-corrected chi connectivity index (χ4v) is 6.25. The molecule has 37 heavy (non-hydrogen) atoms. The van der Waals surface area contributed by atoms with E-state index in [4.69, 9.17) is 16.7 Å². The summed E-state index contributed by atoms with van der Waals surface area (Å²) in [6, 6.07) is 15.0. The van der Waals surface area contributed by atoms with Crippen molar-refractivity contribution in [2.45, 2.75) is 58.3 Å². The Morgan fingerprint density at radius 1 is 0.973 bits per heavy atom. The Balaban J connectivity index is 1.24. The van der Waals surface area contributed by atoms with Crippen molar-refractivity contribution in [3.63, 3.8) is 0 Å². The Kier molecular flexibility index (Phi) is 7.43. The molecule has 2 N–H and O–H groups in total. The number of urea groups is 1. The van der Waals surface area contributed by atoms with Crippen molar-refractivity contribution >= 4 is 29.3 Å². The van der Waals surface area contributed by atoms with E-state index in [9.17, 15) is 9.59 Å². The predicted octanol–water partition coefficient (Wildman–Crippen LogP) is 7.47. The number of carbonyl (C=O) groups is 2. The number of benzene rings is 2. The molecule has 2 atom stereocenters. The molecular formula is C31H35ClN2O3. The lowest BCUT2D eigenvalue weighted by Gasteiger charge is -2.28. The number of hydrogen-bond donors (Lipinski definition) is 2. The van der Waals surface area contributed by atoms with Crippen molar-refractivity contribution in [1.29, 1.82) is 0 Å². The highest BCUT2D eigenvalue weighted by atomic mass is 35.5. The lowest BCUT2D eigenvalue weighted by atomic mass is 9.77. The Bertz CT molecular complexity index is 1240. The first-order valence-corrected chi connectivity index (χ1v) is 13.8. The van der Waals surface area contributed by atoms with Crippen LogP contribution < -0.4 is 10.2 Å². The monoisotopic (exact) mass is 518 g/mol. The van der Waals surface area contributed by atoms with Gasteiger partial charge in [-0.15, -0.1) is 0 Å². The van der Waals surface area contributed by atoms with Crippen molar-refractivity contribution in [2.75, 3.05) is 11.4 Å². The summed E-state index contributed by atoms with van der Waals surface area (Å²) in [4.78, 5) is 25.9. The van der Waals surface area contributed by atoms with Gasteiger partial charge in [0.25, 0.3) is 0 Å². The molecule has 1 aliphatic heterocycles. The van der Waals surface area contributed by atoms with Crippen LogP contribution in [0.2, 0.25) is 0 Å². The number of hydrogen-bond acceptors (Lipinski definition) is 2. The van der Waals surface area contributed by atoms with Crippen LogP contribution in [0.25, 0.3) is 11.1 Å². The number of carboxylic acids is 1. The van der Waals surface area contributed by atoms with Crippen molar-refractivity contribution in [3.05, 3.63) is 76.5 Å². The molecule has 0 saturated heterocycles. The number of nitrogens with one attached hydrogen (secondary N) is 1. The number of carbonyl (C=O) groups excluding carboxylic acids is 1. The van der Waals surface area contributed by atoms with Crippen LogP contribution in [0.5, 0.6) is 0 Å². The van der Waals surface area contributed by atoms with E-state index in [-0.39, 0.29) is 6.03 Å². The lowest BCUT2D eigenvalue weighted by Crippen LogP contribution is -2.39. The van der Waals surface area contributed by atoms with Gasteiger partial charge in [-0.25, -0.2) is 4.79 Å². The second-order valence-electron chi connectivity index (χ2n) is 10.9. The maximum Gasteiger partial charge on any atom is 0.326 e. The molecule has 0 radical (unpaired) electrons. The third-order valence-corrected chi connectivity index (χ3v) is 8.74. The second kappa shape index (κ2) is 10.7. The molecule has 2 amide bonds. The standard InChI is InChI=1S/C31H35ClN2O3/c1-19-15-27(32)28(16-20(19)2)33-31(37)34-14-13-26-18-25(11-12-29(26)34)24-9-7-23(8-10-24)22-5-3-21(4-6-22)17-30(35)36/h7-12,15-16,18-22H,3-6,13-14,17H2,1-2H3,(H,33,37)(H,35,36). The molecule has 6 heteroatoms. The van der Waals surface area contributed by atoms with Crippen LogP contribution in [-0.4, -0.2) is 23.7 Å². The Morgan fingerprint density at radius 3 is 2.35 bits per heavy atom. The minimum Gasteiger partial charge on any atom is -0.481 e. The van der Waals surface area contributed by atoms with E-state index in [1.165, 1.54) is 16.7 Å². The van der Waals surface area contributed by atoms with Crippen LogP contribution in [-0.2, 0) is 11.2 Å². The number of allylic oxidation sites excluding steroid dienone is 3. The Labute approximate surface area is 224 Å². The second-order valence-corrected chi connectivity index (χ2v) is 11.3. The Hall–Kier alpha value is -3.05. The van der Waals surface area contributed by atoms with Crippen molar-refractivity contribution in [2.24, 2.45) is 17.8 Å². The topological polar surface area (TPSA) is 69.6 Å². The zero-order valence-corrected chi connectivity index (χ0v) is 22.3. The molecule has 2 aliphatic carbocycles. The fourth-order valence-electron chi connectivity index (χ4n) is 5.94. The van der Waals surface area contributed by atoms with Crippen LogP contribution in [0.4, 0.5) is 10.5 Å². The number of rotatable bonds is 5. The number of anilines is 1. The van der Waals surface area contributed by atoms with Gasteiger partial charge >= 0.3 is 12.0 Å². The fraction of sp³-hybridized carbons (Fsp3) is 0.419. The first-order valence-electron chi connectivity index (χ1n) is 13.4. The quantitative estimate of drug-likeness (QED) is 0.431. The van der Waals surface area contributed by atoms with Gasteiger partial charge < -0.3 is 10.4 Å². The molecule has 1 saturated carbocycles. The van der Waals surface area contributed by atoms with E-state index >= 15 is 0 Å². The van der Waals surface area contributed by atoms with Gasteiger partial charge in [-0.1, -0.05) is 67.9 Å². The Morgan fingerprint density at radius 2 is 1.65 bits per heavy atom. The van der Waals surface area contributed by atoms with Crippen molar-refractivity contribution in [1.82, 2.24) is 5.32 Å².